The molecule has 0 spiro atoms. The van der Waals surface area contributed by atoms with Crippen LogP contribution in [0.25, 0.3) is 0 Å². The topological polar surface area (TPSA) is 30.5 Å². The third-order valence-corrected chi connectivity index (χ3v) is 4.36. The van der Waals surface area contributed by atoms with Gasteiger partial charge in [0.15, 0.2) is 11.5 Å². The predicted molar refractivity (Wildman–Crippen MR) is 90.6 cm³/mol. The quantitative estimate of drug-likeness (QED) is 0.629. The van der Waals surface area contributed by atoms with Crippen LogP contribution < -0.4 is 14.8 Å². The second-order valence-electron chi connectivity index (χ2n) is 5.27. The summed E-state index contributed by atoms with van der Waals surface area (Å²) in [7, 11) is 0. The van der Waals surface area contributed by atoms with Gasteiger partial charge in [0.2, 0.25) is 0 Å². The summed E-state index contributed by atoms with van der Waals surface area (Å²) < 4.78 is 11.6. The molecule has 1 aromatic carbocycles. The molecule has 4 heteroatoms. The van der Waals surface area contributed by atoms with Gasteiger partial charge < -0.3 is 14.8 Å². The fraction of sp³-hybridized carbons (Fsp3) is 0.647. The fourth-order valence-electron chi connectivity index (χ4n) is 2.09. The van der Waals surface area contributed by atoms with Crippen molar-refractivity contribution in [1.82, 2.24) is 5.32 Å². The summed E-state index contributed by atoms with van der Waals surface area (Å²) in [6.07, 6.45) is 3.71. The number of hydrogen-bond donors (Lipinski definition) is 1. The third kappa shape index (κ3) is 6.18. The average Bonchev–Trinajstić information content (AvgIpc) is 3.31. The van der Waals surface area contributed by atoms with E-state index in [0.717, 1.165) is 42.9 Å². The highest BCUT2D eigenvalue weighted by Gasteiger charge is 2.20. The number of ether oxygens (including phenoxy) is 2. The van der Waals surface area contributed by atoms with Gasteiger partial charge in [0.25, 0.3) is 0 Å². The molecule has 3 nitrogen and oxygen atoms in total. The lowest BCUT2D eigenvalue weighted by Crippen LogP contribution is -2.15. The highest BCUT2D eigenvalue weighted by atomic mass is 32.2. The first-order valence-corrected chi connectivity index (χ1v) is 9.18. The second-order valence-corrected chi connectivity index (χ2v) is 6.66. The van der Waals surface area contributed by atoms with Crippen LogP contribution in [0.2, 0.25) is 0 Å². The molecule has 1 aliphatic rings. The number of rotatable bonds is 11. The molecule has 1 fully saturated rings. The SMILES string of the molecule is CCOc1cc(CNC2CC2)ccc1OCCCSCC. The maximum absolute atomic E-state index is 5.87. The Morgan fingerprint density at radius 3 is 2.76 bits per heavy atom. The van der Waals surface area contributed by atoms with Crippen LogP contribution in [0.15, 0.2) is 18.2 Å². The molecule has 0 radical (unpaired) electrons. The molecule has 0 amide bonds. The minimum atomic E-state index is 0.668. The first-order valence-electron chi connectivity index (χ1n) is 8.03. The van der Waals surface area contributed by atoms with Crippen LogP contribution in [0.4, 0.5) is 0 Å². The van der Waals surface area contributed by atoms with Gasteiger partial charge in [-0.05, 0) is 55.4 Å². The van der Waals surface area contributed by atoms with Gasteiger partial charge in [-0.3, -0.25) is 0 Å². The van der Waals surface area contributed by atoms with Gasteiger partial charge >= 0.3 is 0 Å². The Balaban J connectivity index is 1.85. The standard InChI is InChI=1S/C17H27NO2S/c1-3-19-17-12-14(13-18-15-7-8-15)6-9-16(17)20-10-5-11-21-4-2/h6,9,12,15,18H,3-5,7-8,10-11,13H2,1-2H3. The van der Waals surface area contributed by atoms with Gasteiger partial charge in [0.1, 0.15) is 0 Å². The number of benzene rings is 1. The lowest BCUT2D eigenvalue weighted by atomic mass is 10.2. The molecule has 0 unspecified atom stereocenters. The first kappa shape index (κ1) is 16.5. The van der Waals surface area contributed by atoms with Crippen LogP contribution in [0.5, 0.6) is 11.5 Å². The summed E-state index contributed by atoms with van der Waals surface area (Å²) in [6.45, 7) is 6.54. The summed E-state index contributed by atoms with van der Waals surface area (Å²) >= 11 is 1.96. The summed E-state index contributed by atoms with van der Waals surface area (Å²) in [5.74, 6) is 4.07. The van der Waals surface area contributed by atoms with Crippen molar-refractivity contribution in [1.29, 1.82) is 0 Å². The van der Waals surface area contributed by atoms with Crippen LogP contribution >= 0.6 is 11.8 Å². The summed E-state index contributed by atoms with van der Waals surface area (Å²) in [5.41, 5.74) is 1.26. The first-order chi connectivity index (χ1) is 10.3. The smallest absolute Gasteiger partial charge is 0.161 e. The van der Waals surface area contributed by atoms with E-state index >= 15 is 0 Å². The zero-order chi connectivity index (χ0) is 14.9. The van der Waals surface area contributed by atoms with E-state index in [9.17, 15) is 0 Å². The van der Waals surface area contributed by atoms with Gasteiger partial charge in [0, 0.05) is 12.6 Å². The summed E-state index contributed by atoms with van der Waals surface area (Å²) in [6, 6.07) is 7.01. The third-order valence-electron chi connectivity index (χ3n) is 3.37. The Bertz CT molecular complexity index is 421. The van der Waals surface area contributed by atoms with Gasteiger partial charge in [-0.1, -0.05) is 13.0 Å². The van der Waals surface area contributed by atoms with Crippen molar-refractivity contribution < 1.29 is 9.47 Å². The van der Waals surface area contributed by atoms with E-state index in [1.165, 1.54) is 24.2 Å². The van der Waals surface area contributed by atoms with E-state index in [2.05, 4.69) is 24.4 Å². The minimum absolute atomic E-state index is 0.668. The Hall–Kier alpha value is -0.870. The van der Waals surface area contributed by atoms with Crippen LogP contribution in [0.1, 0.15) is 38.7 Å². The number of nitrogens with one attached hydrogen (secondary N) is 1. The molecule has 0 bridgehead atoms. The fourth-order valence-corrected chi connectivity index (χ4v) is 2.70. The number of thioether (sulfide) groups is 1. The molecule has 0 atom stereocenters. The highest BCUT2D eigenvalue weighted by Crippen LogP contribution is 2.29. The van der Waals surface area contributed by atoms with E-state index in [1.807, 2.05) is 24.8 Å². The van der Waals surface area contributed by atoms with Crippen molar-refractivity contribution in [3.63, 3.8) is 0 Å². The zero-order valence-corrected chi connectivity index (χ0v) is 14.0. The van der Waals surface area contributed by atoms with Gasteiger partial charge in [-0.25, -0.2) is 0 Å². The van der Waals surface area contributed by atoms with Crippen molar-refractivity contribution in [2.24, 2.45) is 0 Å². The maximum atomic E-state index is 5.87. The molecule has 1 aliphatic carbocycles. The zero-order valence-electron chi connectivity index (χ0n) is 13.2. The van der Waals surface area contributed by atoms with Crippen molar-refractivity contribution in [2.75, 3.05) is 24.7 Å². The normalized spacial score (nSPS) is 14.2. The monoisotopic (exact) mass is 309 g/mol. The highest BCUT2D eigenvalue weighted by molar-refractivity contribution is 7.99. The van der Waals surface area contributed by atoms with E-state index in [0.29, 0.717) is 6.61 Å². The Labute approximate surface area is 132 Å². The molecule has 1 N–H and O–H groups in total. The molecule has 2 rings (SSSR count). The van der Waals surface area contributed by atoms with Crippen molar-refractivity contribution >= 4 is 11.8 Å². The van der Waals surface area contributed by atoms with Crippen LogP contribution in [-0.2, 0) is 6.54 Å². The number of hydrogen-bond acceptors (Lipinski definition) is 4. The van der Waals surface area contributed by atoms with Gasteiger partial charge in [-0.2, -0.15) is 11.8 Å². The van der Waals surface area contributed by atoms with Crippen molar-refractivity contribution in [3.05, 3.63) is 23.8 Å². The molecular formula is C17H27NO2S. The van der Waals surface area contributed by atoms with Crippen LogP contribution in [0, 0.1) is 0 Å². The molecule has 0 aromatic heterocycles. The molecule has 0 saturated heterocycles. The molecule has 21 heavy (non-hydrogen) atoms. The Kier molecular flexibility index (Phi) is 7.24. The molecular weight excluding hydrogens is 282 g/mol. The lowest BCUT2D eigenvalue weighted by molar-refractivity contribution is 0.277. The van der Waals surface area contributed by atoms with E-state index in [4.69, 9.17) is 9.47 Å². The average molecular weight is 309 g/mol. The Morgan fingerprint density at radius 1 is 1.19 bits per heavy atom. The maximum Gasteiger partial charge on any atom is 0.161 e. The predicted octanol–water partition coefficient (Wildman–Crippen LogP) is 3.86. The minimum Gasteiger partial charge on any atom is -0.490 e. The largest absolute Gasteiger partial charge is 0.490 e. The second kappa shape index (κ2) is 9.21. The van der Waals surface area contributed by atoms with Crippen LogP contribution in [0.3, 0.4) is 0 Å². The van der Waals surface area contributed by atoms with Gasteiger partial charge in [0.05, 0.1) is 13.2 Å². The molecule has 0 aliphatic heterocycles. The molecule has 0 heterocycles. The molecule has 118 valence electrons. The van der Waals surface area contributed by atoms with E-state index in [-0.39, 0.29) is 0 Å². The van der Waals surface area contributed by atoms with E-state index in [1.54, 1.807) is 0 Å². The van der Waals surface area contributed by atoms with Crippen molar-refractivity contribution in [3.8, 4) is 11.5 Å². The van der Waals surface area contributed by atoms with E-state index < -0.39 is 0 Å². The van der Waals surface area contributed by atoms with Crippen LogP contribution in [-0.4, -0.2) is 30.8 Å². The molecule has 1 saturated carbocycles. The van der Waals surface area contributed by atoms with Crippen molar-refractivity contribution in [2.45, 2.75) is 45.7 Å². The molecule has 1 aromatic rings. The lowest BCUT2D eigenvalue weighted by Gasteiger charge is -2.13. The van der Waals surface area contributed by atoms with Gasteiger partial charge in [-0.15, -0.1) is 0 Å². The summed E-state index contributed by atoms with van der Waals surface area (Å²) in [4.78, 5) is 0. The Morgan fingerprint density at radius 2 is 2.05 bits per heavy atom. The summed E-state index contributed by atoms with van der Waals surface area (Å²) in [5, 5.41) is 3.53.